The molecule has 1 aliphatic rings. The van der Waals surface area contributed by atoms with Gasteiger partial charge in [-0.1, -0.05) is 0 Å². The van der Waals surface area contributed by atoms with E-state index in [0.29, 0.717) is 5.92 Å². The molecule has 0 radical (unpaired) electrons. The van der Waals surface area contributed by atoms with E-state index in [2.05, 4.69) is 10.3 Å². The number of thiazole rings is 1. The van der Waals surface area contributed by atoms with Crippen molar-refractivity contribution in [1.29, 1.82) is 0 Å². The second-order valence-corrected chi connectivity index (χ2v) is 6.03. The molecule has 5 heteroatoms. The molecule has 0 spiro atoms. The van der Waals surface area contributed by atoms with E-state index in [9.17, 15) is 9.90 Å². The number of nitrogens with zero attached hydrogens (tertiary/aromatic N) is 1. The van der Waals surface area contributed by atoms with Crippen molar-refractivity contribution in [2.45, 2.75) is 32.2 Å². The van der Waals surface area contributed by atoms with Crippen LogP contribution in [0.15, 0.2) is 11.5 Å². The van der Waals surface area contributed by atoms with Crippen LogP contribution < -0.4 is 5.32 Å². The third kappa shape index (κ3) is 3.17. The Labute approximate surface area is 111 Å². The van der Waals surface area contributed by atoms with Crippen molar-refractivity contribution >= 4 is 23.3 Å². The van der Waals surface area contributed by atoms with Crippen molar-refractivity contribution in [1.82, 2.24) is 10.3 Å². The first-order chi connectivity index (χ1) is 8.53. The summed E-state index contributed by atoms with van der Waals surface area (Å²) in [5.74, 6) is 0.227. The Hall–Kier alpha value is -1.20. The van der Waals surface area contributed by atoms with Gasteiger partial charge in [-0.2, -0.15) is 0 Å². The average molecular weight is 266 g/mol. The lowest BCUT2D eigenvalue weighted by Crippen LogP contribution is -2.50. The zero-order chi connectivity index (χ0) is 13.2. The van der Waals surface area contributed by atoms with Gasteiger partial charge in [0.05, 0.1) is 22.8 Å². The number of aryl methyl sites for hydroxylation is 1. The van der Waals surface area contributed by atoms with Gasteiger partial charge in [0, 0.05) is 11.5 Å². The van der Waals surface area contributed by atoms with Crippen LogP contribution in [0.1, 0.15) is 30.5 Å². The third-order valence-electron chi connectivity index (χ3n) is 3.26. The molecular formula is C13H18N2O2S. The van der Waals surface area contributed by atoms with Gasteiger partial charge in [-0.25, -0.2) is 4.98 Å². The molecule has 1 atom stereocenters. The molecule has 0 bridgehead atoms. The number of rotatable bonds is 5. The number of carbonyl (C=O) groups is 1. The number of aliphatic hydroxyl groups is 1. The van der Waals surface area contributed by atoms with Gasteiger partial charge in [-0.05, 0) is 38.7 Å². The molecule has 1 fully saturated rings. The van der Waals surface area contributed by atoms with Crippen molar-refractivity contribution in [3.8, 4) is 0 Å². The van der Waals surface area contributed by atoms with Gasteiger partial charge in [0.25, 0.3) is 0 Å². The average Bonchev–Trinajstić information content (AvgIpc) is 3.11. The Balaban J connectivity index is 1.93. The number of nitrogens with one attached hydrogen (secondary N) is 1. The lowest BCUT2D eigenvalue weighted by atomic mass is 9.97. The van der Waals surface area contributed by atoms with E-state index in [4.69, 9.17) is 0 Å². The highest BCUT2D eigenvalue weighted by atomic mass is 32.1. The van der Waals surface area contributed by atoms with Gasteiger partial charge in [-0.3, -0.25) is 4.79 Å². The Bertz CT molecular complexity index is 465. The van der Waals surface area contributed by atoms with Crippen LogP contribution in [0.5, 0.6) is 0 Å². The number of aromatic nitrogens is 1. The molecule has 0 saturated heterocycles. The molecule has 1 heterocycles. The summed E-state index contributed by atoms with van der Waals surface area (Å²) in [5, 5.41) is 15.2. The molecule has 1 aromatic rings. The highest BCUT2D eigenvalue weighted by Crippen LogP contribution is 2.39. The molecule has 1 aromatic heterocycles. The van der Waals surface area contributed by atoms with Crippen LogP contribution in [0.2, 0.25) is 0 Å². The first-order valence-electron chi connectivity index (χ1n) is 6.07. The molecule has 1 amide bonds. The van der Waals surface area contributed by atoms with E-state index in [1.807, 2.05) is 19.2 Å². The number of aliphatic hydroxyl groups excluding tert-OH is 1. The van der Waals surface area contributed by atoms with Crippen molar-refractivity contribution < 1.29 is 9.90 Å². The molecular weight excluding hydrogens is 248 g/mol. The fourth-order valence-electron chi connectivity index (χ4n) is 1.93. The molecule has 2 N–H and O–H groups in total. The van der Waals surface area contributed by atoms with Crippen LogP contribution in [0, 0.1) is 12.8 Å². The molecule has 1 saturated carbocycles. The van der Waals surface area contributed by atoms with E-state index in [1.54, 1.807) is 17.4 Å². The highest BCUT2D eigenvalue weighted by molar-refractivity contribution is 7.09. The van der Waals surface area contributed by atoms with E-state index in [1.165, 1.54) is 6.08 Å². The topological polar surface area (TPSA) is 62.2 Å². The molecule has 4 nitrogen and oxygen atoms in total. The maximum absolute atomic E-state index is 11.8. The molecule has 1 unspecified atom stereocenters. The zero-order valence-corrected chi connectivity index (χ0v) is 11.5. The fraction of sp³-hybridized carbons (Fsp3) is 0.538. The predicted molar refractivity (Wildman–Crippen MR) is 72.2 cm³/mol. The summed E-state index contributed by atoms with van der Waals surface area (Å²) in [6.07, 6.45) is 5.33. The highest BCUT2D eigenvalue weighted by Gasteiger charge is 2.41. The van der Waals surface area contributed by atoms with Crippen molar-refractivity contribution in [2.75, 3.05) is 6.61 Å². The van der Waals surface area contributed by atoms with Gasteiger partial charge >= 0.3 is 0 Å². The van der Waals surface area contributed by atoms with Crippen molar-refractivity contribution in [3.63, 3.8) is 0 Å². The normalized spacial score (nSPS) is 18.8. The van der Waals surface area contributed by atoms with Crippen molar-refractivity contribution in [2.24, 2.45) is 5.92 Å². The first kappa shape index (κ1) is 13.2. The Kier molecular flexibility index (Phi) is 3.82. The number of carbonyl (C=O) groups excluding carboxylic acids is 1. The predicted octanol–water partition coefficient (Wildman–Crippen LogP) is 1.74. The van der Waals surface area contributed by atoms with E-state index in [-0.39, 0.29) is 12.5 Å². The van der Waals surface area contributed by atoms with E-state index >= 15 is 0 Å². The summed E-state index contributed by atoms with van der Waals surface area (Å²) in [6, 6.07) is 0. The Morgan fingerprint density at radius 3 is 2.94 bits per heavy atom. The summed E-state index contributed by atoms with van der Waals surface area (Å²) < 4.78 is 0. The number of hydrogen-bond donors (Lipinski definition) is 2. The molecule has 1 aliphatic carbocycles. The summed E-state index contributed by atoms with van der Waals surface area (Å²) in [6.45, 7) is 3.80. The minimum atomic E-state index is -0.487. The van der Waals surface area contributed by atoms with Crippen LogP contribution in [0.4, 0.5) is 0 Å². The number of amides is 1. The van der Waals surface area contributed by atoms with E-state index < -0.39 is 5.54 Å². The van der Waals surface area contributed by atoms with Gasteiger partial charge < -0.3 is 10.4 Å². The largest absolute Gasteiger partial charge is 0.394 e. The SMILES string of the molecule is Cc1nc(/C=C/C(=O)NC(C)(CO)C2CC2)cs1. The molecule has 18 heavy (non-hydrogen) atoms. The lowest BCUT2D eigenvalue weighted by molar-refractivity contribution is -0.119. The Morgan fingerprint density at radius 1 is 1.72 bits per heavy atom. The first-order valence-corrected chi connectivity index (χ1v) is 6.95. The molecule has 98 valence electrons. The van der Waals surface area contributed by atoms with Crippen molar-refractivity contribution in [3.05, 3.63) is 22.2 Å². The Morgan fingerprint density at radius 2 is 2.44 bits per heavy atom. The maximum Gasteiger partial charge on any atom is 0.244 e. The summed E-state index contributed by atoms with van der Waals surface area (Å²) in [4.78, 5) is 16.0. The lowest BCUT2D eigenvalue weighted by Gasteiger charge is -2.28. The minimum Gasteiger partial charge on any atom is -0.394 e. The summed E-state index contributed by atoms with van der Waals surface area (Å²) in [7, 11) is 0. The third-order valence-corrected chi connectivity index (χ3v) is 4.05. The molecule has 0 aromatic carbocycles. The van der Waals surface area contributed by atoms with Gasteiger partial charge in [0.2, 0.25) is 5.91 Å². The summed E-state index contributed by atoms with van der Waals surface area (Å²) in [5.41, 5.74) is 0.309. The van der Waals surface area contributed by atoms with Crippen LogP contribution in [0.3, 0.4) is 0 Å². The van der Waals surface area contributed by atoms with Crippen LogP contribution in [0.25, 0.3) is 6.08 Å². The van der Waals surface area contributed by atoms with Crippen LogP contribution in [-0.2, 0) is 4.79 Å². The standard InChI is InChI=1S/C13H18N2O2S/c1-9-14-11(7-18-9)5-6-12(17)15-13(2,8-16)10-3-4-10/h5-7,10,16H,3-4,8H2,1-2H3,(H,15,17)/b6-5+. The number of hydrogen-bond acceptors (Lipinski definition) is 4. The summed E-state index contributed by atoms with van der Waals surface area (Å²) >= 11 is 1.55. The fourth-order valence-corrected chi connectivity index (χ4v) is 2.51. The maximum atomic E-state index is 11.8. The zero-order valence-electron chi connectivity index (χ0n) is 10.6. The molecule has 2 rings (SSSR count). The second kappa shape index (κ2) is 5.20. The van der Waals surface area contributed by atoms with E-state index in [0.717, 1.165) is 23.5 Å². The van der Waals surface area contributed by atoms with Gasteiger partial charge in [0.15, 0.2) is 0 Å². The monoisotopic (exact) mass is 266 g/mol. The molecule has 0 aliphatic heterocycles. The smallest absolute Gasteiger partial charge is 0.244 e. The van der Waals surface area contributed by atoms with Crippen LogP contribution >= 0.6 is 11.3 Å². The minimum absolute atomic E-state index is 0.0208. The van der Waals surface area contributed by atoms with Gasteiger partial charge in [0.1, 0.15) is 0 Å². The van der Waals surface area contributed by atoms with Gasteiger partial charge in [-0.15, -0.1) is 11.3 Å². The quantitative estimate of drug-likeness (QED) is 0.798. The second-order valence-electron chi connectivity index (χ2n) is 4.96. The van der Waals surface area contributed by atoms with Crippen LogP contribution in [-0.4, -0.2) is 28.1 Å².